The van der Waals surface area contributed by atoms with Gasteiger partial charge in [-0.05, 0) is 30.2 Å². The van der Waals surface area contributed by atoms with Crippen molar-refractivity contribution in [2.45, 2.75) is 13.5 Å². The first kappa shape index (κ1) is 23.0. The number of ether oxygens (including phenoxy) is 3. The molecule has 2 rings (SSSR count). The second-order valence-corrected chi connectivity index (χ2v) is 6.23. The van der Waals surface area contributed by atoms with Crippen LogP contribution in [-0.2, 0) is 30.4 Å². The molecule has 0 saturated carbocycles. The van der Waals surface area contributed by atoms with Crippen LogP contribution in [0.2, 0.25) is 0 Å². The van der Waals surface area contributed by atoms with Crippen LogP contribution in [0, 0.1) is 18.6 Å². The lowest BCUT2D eigenvalue weighted by molar-refractivity contribution is -0.133. The van der Waals surface area contributed by atoms with Gasteiger partial charge in [-0.2, -0.15) is 0 Å². The fourth-order valence-corrected chi connectivity index (χ4v) is 2.78. The number of oxime groups is 1. The summed E-state index contributed by atoms with van der Waals surface area (Å²) in [4.78, 5) is 17.6. The third-order valence-electron chi connectivity index (χ3n) is 4.25. The minimum absolute atomic E-state index is 0.0178. The van der Waals surface area contributed by atoms with Gasteiger partial charge in [-0.15, -0.1) is 0 Å². The Labute approximate surface area is 173 Å². The zero-order valence-electron chi connectivity index (χ0n) is 17.2. The van der Waals surface area contributed by atoms with Crippen LogP contribution in [0.5, 0.6) is 0 Å². The van der Waals surface area contributed by atoms with Gasteiger partial charge < -0.3 is 19.0 Å². The molecule has 0 aliphatic heterocycles. The molecule has 0 aliphatic rings. The molecule has 0 N–H and O–H groups in total. The van der Waals surface area contributed by atoms with Crippen LogP contribution in [0.1, 0.15) is 22.3 Å². The van der Waals surface area contributed by atoms with Crippen molar-refractivity contribution in [2.75, 3.05) is 27.9 Å². The summed E-state index contributed by atoms with van der Waals surface area (Å²) in [6.07, 6.45) is 1.29. The maximum Gasteiger partial charge on any atom is 0.341 e. The van der Waals surface area contributed by atoms with Gasteiger partial charge in [-0.1, -0.05) is 23.4 Å². The second kappa shape index (κ2) is 11.1. The van der Waals surface area contributed by atoms with Gasteiger partial charge in [-0.25, -0.2) is 13.6 Å². The van der Waals surface area contributed by atoms with Crippen molar-refractivity contribution in [1.82, 2.24) is 0 Å². The van der Waals surface area contributed by atoms with Crippen molar-refractivity contribution in [3.8, 4) is 0 Å². The van der Waals surface area contributed by atoms with Crippen molar-refractivity contribution >= 4 is 17.3 Å². The quantitative estimate of drug-likeness (QED) is 0.202. The predicted octanol–water partition coefficient (Wildman–Crippen LogP) is 4.00. The summed E-state index contributed by atoms with van der Waals surface area (Å²) in [7, 11) is 4.12. The highest BCUT2D eigenvalue weighted by atomic mass is 19.1. The van der Waals surface area contributed by atoms with Gasteiger partial charge in [0.2, 0.25) is 0 Å². The number of nitrogens with zero attached hydrogens (tertiary/aromatic N) is 1. The van der Waals surface area contributed by atoms with Crippen molar-refractivity contribution in [1.29, 1.82) is 0 Å². The maximum atomic E-state index is 14.1. The van der Waals surface area contributed by atoms with Gasteiger partial charge in [0.05, 0.1) is 27.1 Å². The van der Waals surface area contributed by atoms with E-state index in [1.165, 1.54) is 33.7 Å². The number of carbonyl (C=O) groups is 1. The van der Waals surface area contributed by atoms with Crippen LogP contribution in [0.25, 0.3) is 5.57 Å². The number of carbonyl (C=O) groups excluding carboxylic acids is 1. The number of hydrogen-bond donors (Lipinski definition) is 0. The predicted molar refractivity (Wildman–Crippen MR) is 108 cm³/mol. The number of aryl methyl sites for hydroxylation is 1. The van der Waals surface area contributed by atoms with Crippen LogP contribution in [-0.4, -0.2) is 39.6 Å². The number of benzene rings is 2. The second-order valence-electron chi connectivity index (χ2n) is 6.23. The molecule has 0 fully saturated rings. The first-order valence-corrected chi connectivity index (χ1v) is 8.96. The Kier molecular flexibility index (Phi) is 8.49. The molecule has 0 heterocycles. The van der Waals surface area contributed by atoms with Crippen molar-refractivity contribution < 1.29 is 32.6 Å². The van der Waals surface area contributed by atoms with Gasteiger partial charge in [0.15, 0.2) is 0 Å². The summed E-state index contributed by atoms with van der Waals surface area (Å²) in [5.74, 6) is -2.04. The number of esters is 1. The lowest BCUT2D eigenvalue weighted by atomic mass is 9.97. The molecule has 2 aromatic carbocycles. The van der Waals surface area contributed by atoms with Gasteiger partial charge in [-0.3, -0.25) is 0 Å². The van der Waals surface area contributed by atoms with E-state index >= 15 is 0 Å². The summed E-state index contributed by atoms with van der Waals surface area (Å²) in [5, 5.41) is 3.98. The highest BCUT2D eigenvalue weighted by Gasteiger charge is 2.19. The topological polar surface area (TPSA) is 66.4 Å². The molecule has 6 nitrogen and oxygen atoms in total. The van der Waals surface area contributed by atoms with Crippen LogP contribution in [0.3, 0.4) is 0 Å². The smallest absolute Gasteiger partial charge is 0.341 e. The molecular weight excluding hydrogens is 396 g/mol. The molecule has 8 heteroatoms. The fraction of sp³-hybridized carbons (Fsp3) is 0.273. The van der Waals surface area contributed by atoms with Crippen molar-refractivity contribution in [3.05, 3.63) is 76.5 Å². The summed E-state index contributed by atoms with van der Waals surface area (Å²) >= 11 is 0. The summed E-state index contributed by atoms with van der Waals surface area (Å²) in [5.41, 5.74) is 2.51. The minimum Gasteiger partial charge on any atom is -0.503 e. The molecule has 0 atom stereocenters. The zero-order valence-corrected chi connectivity index (χ0v) is 17.2. The molecule has 0 unspecified atom stereocenters. The number of hydrogen-bond acceptors (Lipinski definition) is 6. The molecule has 0 amide bonds. The van der Waals surface area contributed by atoms with Crippen molar-refractivity contribution in [3.63, 3.8) is 0 Å². The fourth-order valence-electron chi connectivity index (χ4n) is 2.78. The Balaban J connectivity index is 2.35. The van der Waals surface area contributed by atoms with E-state index in [0.717, 1.165) is 17.7 Å². The van der Waals surface area contributed by atoms with E-state index in [9.17, 15) is 13.6 Å². The Bertz CT molecular complexity index is 957. The van der Waals surface area contributed by atoms with Crippen LogP contribution >= 0.6 is 0 Å². The number of halogens is 2. The van der Waals surface area contributed by atoms with Crippen molar-refractivity contribution in [2.24, 2.45) is 5.16 Å². The average Bonchev–Trinajstić information content (AvgIpc) is 2.72. The molecule has 0 saturated heterocycles. The Morgan fingerprint density at radius 2 is 1.87 bits per heavy atom. The van der Waals surface area contributed by atoms with Gasteiger partial charge in [0.25, 0.3) is 0 Å². The molecule has 0 aliphatic carbocycles. The third kappa shape index (κ3) is 5.64. The van der Waals surface area contributed by atoms with E-state index in [1.54, 1.807) is 12.1 Å². The minimum atomic E-state index is -0.776. The molecule has 0 bridgehead atoms. The van der Waals surface area contributed by atoms with E-state index in [-0.39, 0.29) is 30.1 Å². The molecule has 0 spiro atoms. The van der Waals surface area contributed by atoms with Gasteiger partial charge in [0, 0.05) is 24.3 Å². The lowest BCUT2D eigenvalue weighted by Gasteiger charge is -2.14. The van der Waals surface area contributed by atoms with E-state index in [2.05, 4.69) is 5.16 Å². The third-order valence-corrected chi connectivity index (χ3v) is 4.25. The Morgan fingerprint density at radius 1 is 1.10 bits per heavy atom. The summed E-state index contributed by atoms with van der Waals surface area (Å²) < 4.78 is 42.2. The van der Waals surface area contributed by atoms with Crippen LogP contribution < -0.4 is 0 Å². The average molecular weight is 419 g/mol. The molecule has 0 radical (unpaired) electrons. The lowest BCUT2D eigenvalue weighted by Crippen LogP contribution is -2.13. The molecule has 160 valence electrons. The van der Waals surface area contributed by atoms with E-state index in [4.69, 9.17) is 19.0 Å². The molecular formula is C22H23F2NO5. The summed E-state index contributed by atoms with van der Waals surface area (Å²) in [6, 6.07) is 8.52. The van der Waals surface area contributed by atoms with E-state index < -0.39 is 17.6 Å². The van der Waals surface area contributed by atoms with E-state index in [1.807, 2.05) is 13.0 Å². The first-order chi connectivity index (χ1) is 14.4. The molecule has 2 aromatic rings. The van der Waals surface area contributed by atoms with Crippen LogP contribution in [0.4, 0.5) is 8.78 Å². The SMILES string of the molecule is CO/C=C(/C(=O)OC)c1cccc(C)c1CO/N=C(\COC)c1ccc(F)cc1F. The van der Waals surface area contributed by atoms with Crippen LogP contribution in [0.15, 0.2) is 47.8 Å². The first-order valence-electron chi connectivity index (χ1n) is 8.96. The van der Waals surface area contributed by atoms with E-state index in [0.29, 0.717) is 11.1 Å². The standard InChI is InChI=1S/C22H23F2NO5/c1-14-6-5-7-16(19(11-27-2)22(26)29-4)18(14)12-30-25-21(13-28-3)17-9-8-15(23)10-20(17)24/h5-11H,12-13H2,1-4H3/b19-11+,25-21+. The largest absolute Gasteiger partial charge is 0.503 e. The molecule has 30 heavy (non-hydrogen) atoms. The van der Waals surface area contributed by atoms with Gasteiger partial charge in [0.1, 0.15) is 29.5 Å². The summed E-state index contributed by atoms with van der Waals surface area (Å²) in [6.45, 7) is 1.79. The number of rotatable bonds is 9. The number of methoxy groups -OCH3 is 3. The Morgan fingerprint density at radius 3 is 2.50 bits per heavy atom. The highest BCUT2D eigenvalue weighted by Crippen LogP contribution is 2.25. The Hall–Kier alpha value is -3.26. The monoisotopic (exact) mass is 419 g/mol. The zero-order chi connectivity index (χ0) is 22.1. The normalized spacial score (nSPS) is 11.9. The van der Waals surface area contributed by atoms with Gasteiger partial charge >= 0.3 is 5.97 Å². The highest BCUT2D eigenvalue weighted by molar-refractivity contribution is 6.16. The molecule has 0 aromatic heterocycles. The maximum absolute atomic E-state index is 14.1.